The average molecular weight is 287 g/mol. The Labute approximate surface area is 119 Å². The van der Waals surface area contributed by atoms with E-state index in [9.17, 15) is 4.79 Å². The Morgan fingerprint density at radius 3 is 3.00 bits per heavy atom. The molecule has 0 radical (unpaired) electrons. The van der Waals surface area contributed by atoms with E-state index in [1.807, 2.05) is 36.6 Å². The predicted molar refractivity (Wildman–Crippen MR) is 77.9 cm³/mol. The molecule has 3 aromatic rings. The molecule has 0 bridgehead atoms. The first kappa shape index (κ1) is 12.8. The van der Waals surface area contributed by atoms with E-state index in [0.29, 0.717) is 18.1 Å². The highest BCUT2D eigenvalue weighted by Gasteiger charge is 2.19. The number of para-hydroxylation sites is 2. The molecule has 0 atom stereocenters. The van der Waals surface area contributed by atoms with Crippen LogP contribution < -0.4 is 0 Å². The van der Waals surface area contributed by atoms with Crippen LogP contribution in [-0.2, 0) is 4.74 Å². The summed E-state index contributed by atoms with van der Waals surface area (Å²) in [5, 5.41) is 1.87. The van der Waals surface area contributed by atoms with Gasteiger partial charge in [-0.3, -0.25) is 0 Å². The lowest BCUT2D eigenvalue weighted by atomic mass is 10.3. The van der Waals surface area contributed by atoms with Crippen molar-refractivity contribution in [1.29, 1.82) is 0 Å². The summed E-state index contributed by atoms with van der Waals surface area (Å²) in [6.07, 6.45) is 0.369. The Bertz CT molecular complexity index is 734. The number of ether oxygens (including phenoxy) is 1. The lowest BCUT2D eigenvalue weighted by Crippen LogP contribution is -2.15. The first-order chi connectivity index (χ1) is 9.81. The minimum atomic E-state index is -0.413. The first-order valence-electron chi connectivity index (χ1n) is 6.34. The van der Waals surface area contributed by atoms with Crippen molar-refractivity contribution in [2.24, 2.45) is 0 Å². The smallest absolute Gasteiger partial charge is 0.420 e. The van der Waals surface area contributed by atoms with Crippen molar-refractivity contribution in [3.05, 3.63) is 35.2 Å². The summed E-state index contributed by atoms with van der Waals surface area (Å²) in [5.74, 6) is 0.522. The van der Waals surface area contributed by atoms with Crippen molar-refractivity contribution in [2.75, 3.05) is 6.61 Å². The lowest BCUT2D eigenvalue weighted by molar-refractivity contribution is 0.149. The number of nitrogens with zero attached hydrogens (tertiary/aromatic N) is 3. The summed E-state index contributed by atoms with van der Waals surface area (Å²) in [7, 11) is 0. The van der Waals surface area contributed by atoms with Crippen LogP contribution in [0.4, 0.5) is 4.79 Å². The Balaban J connectivity index is 2.16. The van der Waals surface area contributed by atoms with Gasteiger partial charge >= 0.3 is 6.09 Å². The fourth-order valence-corrected chi connectivity index (χ4v) is 2.49. The van der Waals surface area contributed by atoms with E-state index in [0.717, 1.165) is 17.5 Å². The normalized spacial score (nSPS) is 10.8. The van der Waals surface area contributed by atoms with Gasteiger partial charge < -0.3 is 4.74 Å². The monoisotopic (exact) mass is 287 g/mol. The average Bonchev–Trinajstić information content (AvgIpc) is 3.11. The van der Waals surface area contributed by atoms with Gasteiger partial charge in [-0.2, -0.15) is 0 Å². The molecule has 2 aromatic heterocycles. The van der Waals surface area contributed by atoms with E-state index < -0.39 is 6.09 Å². The molecule has 102 valence electrons. The number of thiazole rings is 1. The van der Waals surface area contributed by atoms with Gasteiger partial charge in [-0.05, 0) is 18.6 Å². The Hall–Kier alpha value is -2.21. The maximum Gasteiger partial charge on any atom is 0.420 e. The van der Waals surface area contributed by atoms with Crippen LogP contribution in [0, 0.1) is 0 Å². The Morgan fingerprint density at radius 2 is 2.25 bits per heavy atom. The zero-order chi connectivity index (χ0) is 13.9. The SMILES string of the molecule is CCCOC(=O)n1c(-c2cscn2)nc2ccccc21. The number of hydrogen-bond acceptors (Lipinski definition) is 5. The highest BCUT2D eigenvalue weighted by Crippen LogP contribution is 2.24. The second-order valence-electron chi connectivity index (χ2n) is 4.25. The molecule has 0 spiro atoms. The molecule has 1 aromatic carbocycles. The van der Waals surface area contributed by atoms with Gasteiger partial charge in [0.25, 0.3) is 0 Å². The largest absolute Gasteiger partial charge is 0.449 e. The molecule has 20 heavy (non-hydrogen) atoms. The maximum absolute atomic E-state index is 12.3. The van der Waals surface area contributed by atoms with Crippen molar-refractivity contribution in [1.82, 2.24) is 14.5 Å². The minimum absolute atomic E-state index is 0.391. The molecule has 0 N–H and O–H groups in total. The fraction of sp³-hybridized carbons (Fsp3) is 0.214. The van der Waals surface area contributed by atoms with E-state index in [4.69, 9.17) is 4.74 Å². The second kappa shape index (κ2) is 5.42. The summed E-state index contributed by atoms with van der Waals surface area (Å²) in [6, 6.07) is 7.49. The topological polar surface area (TPSA) is 57.0 Å². The van der Waals surface area contributed by atoms with Gasteiger partial charge in [-0.1, -0.05) is 19.1 Å². The number of imidazole rings is 1. The van der Waals surface area contributed by atoms with Crippen molar-refractivity contribution < 1.29 is 9.53 Å². The van der Waals surface area contributed by atoms with Gasteiger partial charge in [0.15, 0.2) is 5.82 Å². The van der Waals surface area contributed by atoms with Crippen LogP contribution in [0.15, 0.2) is 35.2 Å². The van der Waals surface area contributed by atoms with Crippen LogP contribution in [0.25, 0.3) is 22.6 Å². The van der Waals surface area contributed by atoms with Crippen LogP contribution >= 0.6 is 11.3 Å². The van der Waals surface area contributed by atoms with Crippen LogP contribution in [-0.4, -0.2) is 27.2 Å². The van der Waals surface area contributed by atoms with Gasteiger partial charge in [-0.15, -0.1) is 11.3 Å². The van der Waals surface area contributed by atoms with Crippen molar-refractivity contribution in [3.63, 3.8) is 0 Å². The molecule has 3 rings (SSSR count). The number of fused-ring (bicyclic) bond motifs is 1. The quantitative estimate of drug-likeness (QED) is 0.739. The van der Waals surface area contributed by atoms with Crippen molar-refractivity contribution >= 4 is 28.5 Å². The molecule has 0 unspecified atom stereocenters. The van der Waals surface area contributed by atoms with E-state index in [2.05, 4.69) is 9.97 Å². The molecular formula is C14H13N3O2S. The maximum atomic E-state index is 12.3. The number of aromatic nitrogens is 3. The third kappa shape index (κ3) is 2.18. The number of benzene rings is 1. The summed E-state index contributed by atoms with van der Waals surface area (Å²) >= 11 is 1.47. The third-order valence-corrected chi connectivity index (χ3v) is 3.42. The predicted octanol–water partition coefficient (Wildman–Crippen LogP) is 3.55. The van der Waals surface area contributed by atoms with E-state index >= 15 is 0 Å². The van der Waals surface area contributed by atoms with E-state index in [1.54, 1.807) is 5.51 Å². The molecule has 0 saturated carbocycles. The molecule has 0 aliphatic rings. The third-order valence-electron chi connectivity index (χ3n) is 2.83. The summed E-state index contributed by atoms with van der Waals surface area (Å²) < 4.78 is 6.73. The summed E-state index contributed by atoms with van der Waals surface area (Å²) in [5.41, 5.74) is 3.89. The van der Waals surface area contributed by atoms with Crippen molar-refractivity contribution in [3.8, 4) is 11.5 Å². The zero-order valence-corrected chi connectivity index (χ0v) is 11.8. The van der Waals surface area contributed by atoms with Crippen LogP contribution in [0.5, 0.6) is 0 Å². The van der Waals surface area contributed by atoms with E-state index in [-0.39, 0.29) is 0 Å². The molecule has 2 heterocycles. The number of carbonyl (C=O) groups is 1. The Morgan fingerprint density at radius 1 is 1.40 bits per heavy atom. The van der Waals surface area contributed by atoms with Crippen molar-refractivity contribution in [2.45, 2.75) is 13.3 Å². The van der Waals surface area contributed by atoms with Gasteiger partial charge in [0.05, 0.1) is 23.2 Å². The standard InChI is InChI=1S/C14H13N3O2S/c1-2-7-19-14(18)17-12-6-4-3-5-10(12)16-13(17)11-8-20-9-15-11/h3-6,8-9H,2,7H2,1H3. The highest BCUT2D eigenvalue weighted by molar-refractivity contribution is 7.07. The fourth-order valence-electron chi connectivity index (χ4n) is 1.96. The molecule has 0 saturated heterocycles. The molecular weight excluding hydrogens is 274 g/mol. The lowest BCUT2D eigenvalue weighted by Gasteiger charge is -2.06. The molecule has 5 nitrogen and oxygen atoms in total. The van der Waals surface area contributed by atoms with Crippen LogP contribution in [0.1, 0.15) is 13.3 Å². The number of carbonyl (C=O) groups excluding carboxylic acids is 1. The molecule has 0 amide bonds. The van der Waals surface area contributed by atoms with Gasteiger partial charge in [0.2, 0.25) is 0 Å². The van der Waals surface area contributed by atoms with Crippen LogP contribution in [0.2, 0.25) is 0 Å². The summed E-state index contributed by atoms with van der Waals surface area (Å²) in [6.45, 7) is 2.35. The second-order valence-corrected chi connectivity index (χ2v) is 4.97. The van der Waals surface area contributed by atoms with Gasteiger partial charge in [0, 0.05) is 5.38 Å². The molecule has 0 aliphatic heterocycles. The zero-order valence-electron chi connectivity index (χ0n) is 10.9. The number of hydrogen-bond donors (Lipinski definition) is 0. The first-order valence-corrected chi connectivity index (χ1v) is 7.28. The molecule has 0 aliphatic carbocycles. The highest BCUT2D eigenvalue weighted by atomic mass is 32.1. The molecule has 0 fully saturated rings. The van der Waals surface area contributed by atoms with Gasteiger partial charge in [0.1, 0.15) is 5.69 Å². The van der Waals surface area contributed by atoms with Crippen LogP contribution in [0.3, 0.4) is 0 Å². The Kier molecular flexibility index (Phi) is 3.47. The minimum Gasteiger partial charge on any atom is -0.449 e. The summed E-state index contributed by atoms with van der Waals surface area (Å²) in [4.78, 5) is 21.0. The van der Waals surface area contributed by atoms with Gasteiger partial charge in [-0.25, -0.2) is 19.3 Å². The number of rotatable bonds is 3. The molecule has 6 heteroatoms. The van der Waals surface area contributed by atoms with E-state index in [1.165, 1.54) is 15.9 Å².